The third-order valence-corrected chi connectivity index (χ3v) is 6.03. The Kier molecular flexibility index (Phi) is 21.4. The number of nitrogens with zero attached hydrogens (tertiary/aromatic N) is 1. The Morgan fingerprint density at radius 3 is 1.61 bits per heavy atom. The van der Waals surface area contributed by atoms with Gasteiger partial charge in [-0.05, 0) is 38.6 Å². The van der Waals surface area contributed by atoms with E-state index in [4.69, 9.17) is 10.5 Å². The highest BCUT2D eigenvalue weighted by atomic mass is 16.5. The SMILES string of the molecule is CCCCCCCCCCOC(=O)[C@H](CCCN)N(C(=O)CCCCC)C(=O)CCCCC. The molecular weight excluding hydrogens is 416 g/mol. The Morgan fingerprint density at radius 2 is 1.12 bits per heavy atom. The molecule has 0 bridgehead atoms. The fraction of sp³-hybridized carbons (Fsp3) is 0.889. The number of ether oxygens (including phenoxy) is 1. The Labute approximate surface area is 203 Å². The van der Waals surface area contributed by atoms with Crippen LogP contribution in [-0.4, -0.2) is 41.9 Å². The van der Waals surface area contributed by atoms with Crippen LogP contribution >= 0.6 is 0 Å². The number of nitrogens with two attached hydrogens (primary N) is 1. The van der Waals surface area contributed by atoms with Gasteiger partial charge in [-0.2, -0.15) is 0 Å². The Balaban J connectivity index is 4.92. The van der Waals surface area contributed by atoms with E-state index < -0.39 is 12.0 Å². The molecule has 0 unspecified atom stereocenters. The van der Waals surface area contributed by atoms with Crippen LogP contribution in [0.4, 0.5) is 0 Å². The zero-order valence-corrected chi connectivity index (χ0v) is 21.9. The van der Waals surface area contributed by atoms with Gasteiger partial charge in [-0.3, -0.25) is 14.5 Å². The number of carbonyl (C=O) groups excluding carboxylic acids is 3. The molecule has 0 spiro atoms. The summed E-state index contributed by atoms with van der Waals surface area (Å²) in [6.07, 6.45) is 16.1. The second kappa shape index (κ2) is 22.4. The fourth-order valence-corrected chi connectivity index (χ4v) is 3.95. The van der Waals surface area contributed by atoms with Gasteiger partial charge in [0.25, 0.3) is 0 Å². The van der Waals surface area contributed by atoms with Crippen LogP contribution in [0.2, 0.25) is 0 Å². The Hall–Kier alpha value is -1.43. The van der Waals surface area contributed by atoms with Crippen LogP contribution in [0.5, 0.6) is 0 Å². The summed E-state index contributed by atoms with van der Waals surface area (Å²) in [5, 5.41) is 0. The Bertz CT molecular complexity index is 488. The molecule has 6 nitrogen and oxygen atoms in total. The standard InChI is InChI=1S/C27H52N2O4/c1-4-7-10-11-12-13-14-17-23-33-27(32)24(19-18-22-28)29(25(30)20-15-8-5-2)26(31)21-16-9-6-3/h24H,4-23,28H2,1-3H3/t24-/m0/s1. The van der Waals surface area contributed by atoms with E-state index in [0.29, 0.717) is 26.0 Å². The summed E-state index contributed by atoms with van der Waals surface area (Å²) in [7, 11) is 0. The molecule has 0 saturated heterocycles. The van der Waals surface area contributed by atoms with Crippen LogP contribution in [0.25, 0.3) is 0 Å². The quantitative estimate of drug-likeness (QED) is 0.149. The summed E-state index contributed by atoms with van der Waals surface area (Å²) in [6.45, 7) is 7.11. The maximum atomic E-state index is 13.0. The predicted octanol–water partition coefficient (Wildman–Crippen LogP) is 6.29. The summed E-state index contributed by atoms with van der Waals surface area (Å²) in [4.78, 5) is 40.2. The minimum atomic E-state index is -0.856. The number of imide groups is 1. The van der Waals surface area contributed by atoms with Crippen molar-refractivity contribution in [1.29, 1.82) is 0 Å². The van der Waals surface area contributed by atoms with Crippen LogP contribution in [0.3, 0.4) is 0 Å². The predicted molar refractivity (Wildman–Crippen MR) is 136 cm³/mol. The third kappa shape index (κ3) is 15.9. The fourth-order valence-electron chi connectivity index (χ4n) is 3.95. The number of rotatable bonds is 22. The molecule has 0 heterocycles. The second-order valence-electron chi connectivity index (χ2n) is 9.16. The summed E-state index contributed by atoms with van der Waals surface area (Å²) in [5.74, 6) is -0.967. The number of hydrogen-bond acceptors (Lipinski definition) is 5. The van der Waals surface area contributed by atoms with E-state index in [1.165, 1.54) is 37.0 Å². The van der Waals surface area contributed by atoms with Gasteiger partial charge < -0.3 is 10.5 Å². The average molecular weight is 469 g/mol. The van der Waals surface area contributed by atoms with E-state index in [0.717, 1.165) is 57.8 Å². The molecule has 0 saturated carbocycles. The molecule has 2 amide bonds. The lowest BCUT2D eigenvalue weighted by atomic mass is 10.1. The maximum Gasteiger partial charge on any atom is 0.329 e. The summed E-state index contributed by atoms with van der Waals surface area (Å²) >= 11 is 0. The minimum absolute atomic E-state index is 0.254. The first kappa shape index (κ1) is 31.6. The van der Waals surface area contributed by atoms with Gasteiger partial charge in [0.1, 0.15) is 6.04 Å². The van der Waals surface area contributed by atoms with E-state index >= 15 is 0 Å². The minimum Gasteiger partial charge on any atom is -0.464 e. The van der Waals surface area contributed by atoms with Crippen LogP contribution in [0.1, 0.15) is 136 Å². The van der Waals surface area contributed by atoms with Gasteiger partial charge in [-0.25, -0.2) is 4.79 Å². The van der Waals surface area contributed by atoms with Gasteiger partial charge in [-0.1, -0.05) is 91.4 Å². The monoisotopic (exact) mass is 468 g/mol. The number of hydrogen-bond donors (Lipinski definition) is 1. The molecule has 0 aromatic carbocycles. The zero-order chi connectivity index (χ0) is 24.7. The molecule has 0 aliphatic carbocycles. The van der Waals surface area contributed by atoms with Gasteiger partial charge in [-0.15, -0.1) is 0 Å². The van der Waals surface area contributed by atoms with E-state index in [-0.39, 0.29) is 24.7 Å². The molecule has 0 fully saturated rings. The van der Waals surface area contributed by atoms with Gasteiger partial charge in [0.15, 0.2) is 0 Å². The van der Waals surface area contributed by atoms with Gasteiger partial charge in [0, 0.05) is 12.8 Å². The van der Waals surface area contributed by atoms with Crippen molar-refractivity contribution in [3.05, 3.63) is 0 Å². The highest BCUT2D eigenvalue weighted by Gasteiger charge is 2.34. The Morgan fingerprint density at radius 1 is 0.667 bits per heavy atom. The summed E-state index contributed by atoms with van der Waals surface area (Å²) < 4.78 is 5.55. The van der Waals surface area contributed by atoms with Gasteiger partial charge >= 0.3 is 5.97 Å². The lowest BCUT2D eigenvalue weighted by Crippen LogP contribution is -2.49. The molecule has 0 aliphatic rings. The molecule has 194 valence electrons. The van der Waals surface area contributed by atoms with E-state index in [9.17, 15) is 14.4 Å². The van der Waals surface area contributed by atoms with Gasteiger partial charge in [0.2, 0.25) is 11.8 Å². The molecule has 1 atom stereocenters. The molecule has 0 rings (SSSR count). The zero-order valence-electron chi connectivity index (χ0n) is 21.9. The normalized spacial score (nSPS) is 11.9. The van der Waals surface area contributed by atoms with E-state index in [1.807, 2.05) is 0 Å². The van der Waals surface area contributed by atoms with Crippen LogP contribution in [0.15, 0.2) is 0 Å². The van der Waals surface area contributed by atoms with E-state index in [2.05, 4.69) is 20.8 Å². The molecule has 0 aromatic rings. The summed E-state index contributed by atoms with van der Waals surface area (Å²) in [5.41, 5.74) is 5.68. The van der Waals surface area contributed by atoms with E-state index in [1.54, 1.807) is 0 Å². The molecular formula is C27H52N2O4. The average Bonchev–Trinajstić information content (AvgIpc) is 2.80. The van der Waals surface area contributed by atoms with Crippen molar-refractivity contribution in [2.24, 2.45) is 5.73 Å². The number of amides is 2. The largest absolute Gasteiger partial charge is 0.464 e. The highest BCUT2D eigenvalue weighted by Crippen LogP contribution is 2.17. The van der Waals surface area contributed by atoms with Crippen molar-refractivity contribution in [3.63, 3.8) is 0 Å². The lowest BCUT2D eigenvalue weighted by Gasteiger charge is -2.29. The van der Waals surface area contributed by atoms with Crippen molar-refractivity contribution < 1.29 is 19.1 Å². The number of esters is 1. The van der Waals surface area contributed by atoms with Crippen molar-refractivity contribution in [2.45, 2.75) is 142 Å². The molecule has 0 aliphatic heterocycles. The lowest BCUT2D eigenvalue weighted by molar-refractivity contribution is -0.162. The molecule has 2 N–H and O–H groups in total. The first-order valence-electron chi connectivity index (χ1n) is 13.7. The van der Waals surface area contributed by atoms with Crippen LogP contribution < -0.4 is 5.73 Å². The van der Waals surface area contributed by atoms with Crippen LogP contribution in [0, 0.1) is 0 Å². The molecule has 0 radical (unpaired) electrons. The summed E-state index contributed by atoms with van der Waals surface area (Å²) in [6, 6.07) is -0.856. The number of carbonyl (C=O) groups is 3. The number of unbranched alkanes of at least 4 members (excludes halogenated alkanes) is 11. The molecule has 33 heavy (non-hydrogen) atoms. The first-order valence-corrected chi connectivity index (χ1v) is 13.7. The molecule has 6 heteroatoms. The first-order chi connectivity index (χ1) is 16.0. The van der Waals surface area contributed by atoms with Crippen molar-refractivity contribution >= 4 is 17.8 Å². The van der Waals surface area contributed by atoms with Crippen molar-refractivity contribution in [2.75, 3.05) is 13.2 Å². The second-order valence-corrected chi connectivity index (χ2v) is 9.16. The third-order valence-electron chi connectivity index (χ3n) is 6.03. The maximum absolute atomic E-state index is 13.0. The molecule has 0 aromatic heterocycles. The highest BCUT2D eigenvalue weighted by molar-refractivity contribution is 5.99. The smallest absolute Gasteiger partial charge is 0.329 e. The van der Waals surface area contributed by atoms with Gasteiger partial charge in [0.05, 0.1) is 6.61 Å². The van der Waals surface area contributed by atoms with Crippen LogP contribution in [-0.2, 0) is 19.1 Å². The van der Waals surface area contributed by atoms with Crippen molar-refractivity contribution in [1.82, 2.24) is 4.90 Å². The van der Waals surface area contributed by atoms with Crippen molar-refractivity contribution in [3.8, 4) is 0 Å². The topological polar surface area (TPSA) is 89.7 Å².